The molecular weight excluding hydrogens is 769 g/mol. The third kappa shape index (κ3) is 7.44. The number of ether oxygens (including phenoxy) is 1. The van der Waals surface area contributed by atoms with Crippen LogP contribution in [0.2, 0.25) is 11.4 Å². The summed E-state index contributed by atoms with van der Waals surface area (Å²) < 4.78 is 18.9. The van der Waals surface area contributed by atoms with Crippen LogP contribution in [0.1, 0.15) is 51.2 Å². The van der Waals surface area contributed by atoms with Gasteiger partial charge in [0, 0.05) is 5.39 Å². The maximum Gasteiger partial charge on any atom is 0.455 e. The van der Waals surface area contributed by atoms with E-state index in [0.29, 0.717) is 17.7 Å². The number of benzene rings is 5. The highest BCUT2D eigenvalue weighted by Crippen LogP contribution is 2.51. The highest BCUT2D eigenvalue weighted by molar-refractivity contribution is 6.99. The van der Waals surface area contributed by atoms with Crippen LogP contribution >= 0.6 is 0 Å². The van der Waals surface area contributed by atoms with Crippen LogP contribution in [-0.4, -0.2) is 68.2 Å². The van der Waals surface area contributed by atoms with E-state index >= 15 is 0 Å². The Hall–Kier alpha value is -5.59. The average Bonchev–Trinajstić information content (AvgIpc) is 3.51. The number of phenols is 1. The molecule has 60 heavy (non-hydrogen) atoms. The van der Waals surface area contributed by atoms with Gasteiger partial charge in [-0.25, -0.2) is 4.79 Å². The minimum absolute atomic E-state index is 0.0879. The number of phenolic OH excluding ortho intramolecular Hbond substituents is 1. The lowest BCUT2D eigenvalue weighted by Gasteiger charge is -2.46. The number of nitrogens with zero attached hydrogens (tertiary/aromatic N) is 1. The van der Waals surface area contributed by atoms with E-state index in [4.69, 9.17) is 13.8 Å². The van der Waals surface area contributed by atoms with Gasteiger partial charge in [0.1, 0.15) is 5.75 Å². The Morgan fingerprint density at radius 3 is 2.05 bits per heavy atom. The molecule has 0 spiro atoms. The number of hydrogen-bond donors (Lipinski definition) is 2. The molecule has 2 saturated heterocycles. The fourth-order valence-electron chi connectivity index (χ4n) is 9.98. The predicted octanol–water partition coefficient (Wildman–Crippen LogP) is 8.01. The van der Waals surface area contributed by atoms with Crippen molar-refractivity contribution in [2.45, 2.75) is 57.5 Å². The lowest BCUT2D eigenvalue weighted by molar-refractivity contribution is -0.137. The van der Waals surface area contributed by atoms with Gasteiger partial charge in [-0.1, -0.05) is 148 Å². The molecule has 8 rings (SSSR count). The zero-order chi connectivity index (χ0) is 42.2. The number of likely N-dealkylation sites (tertiary alicyclic amines) is 1. The van der Waals surface area contributed by atoms with Gasteiger partial charge in [0.25, 0.3) is 8.32 Å². The standard InChI is InChI=1S/C49H50BNO8Si/c1-49(2,3)60(36-18-10-6-11-19-36,37-20-12-7-13-21-37)58-31-35-29-40-45(47(54)51(46(40)53)48(55)57-4)41-30-50(56)59-43(44(35)41)27-25-33(32-16-8-5-9-17-32)28-34-24-26-42(52)39-23-15-14-22-38(34)39/h5-24,26,28,40-41,43,45,52,56H,25,27,29-31H2,1-4H3/b33-28-/t40-,41+,43-,45-/m1/s1. The third-order valence-electron chi connectivity index (χ3n) is 12.6. The number of carbonyl (C=O) groups is 3. The number of methoxy groups -OCH3 is 1. The van der Waals surface area contributed by atoms with Crippen LogP contribution in [0.25, 0.3) is 22.4 Å². The molecule has 5 aromatic rings. The quantitative estimate of drug-likeness (QED) is 0.0630. The van der Waals surface area contributed by atoms with E-state index in [1.807, 2.05) is 84.9 Å². The van der Waals surface area contributed by atoms with Crippen molar-refractivity contribution in [1.29, 1.82) is 0 Å². The molecule has 9 nitrogen and oxygen atoms in total. The van der Waals surface area contributed by atoms with Crippen LogP contribution in [0.4, 0.5) is 4.79 Å². The maximum absolute atomic E-state index is 14.1. The first kappa shape index (κ1) is 41.2. The molecule has 0 saturated carbocycles. The van der Waals surface area contributed by atoms with E-state index in [9.17, 15) is 24.5 Å². The Bertz CT molecular complexity index is 2430. The van der Waals surface area contributed by atoms with Gasteiger partial charge in [-0.3, -0.25) is 9.59 Å². The summed E-state index contributed by atoms with van der Waals surface area (Å²) in [5, 5.41) is 25.6. The summed E-state index contributed by atoms with van der Waals surface area (Å²) in [7, 11) is -3.11. The van der Waals surface area contributed by atoms with Gasteiger partial charge in [0.15, 0.2) is 0 Å². The van der Waals surface area contributed by atoms with Gasteiger partial charge < -0.3 is 23.9 Å². The van der Waals surface area contributed by atoms with Crippen LogP contribution in [0.3, 0.4) is 0 Å². The topological polar surface area (TPSA) is 123 Å². The fraction of sp³-hybridized carbons (Fsp3) is 0.286. The zero-order valence-corrected chi connectivity index (χ0v) is 35.4. The summed E-state index contributed by atoms with van der Waals surface area (Å²) in [4.78, 5) is 41.7. The summed E-state index contributed by atoms with van der Waals surface area (Å²) in [5.74, 6) is -3.25. The first-order chi connectivity index (χ1) is 28.9. The minimum Gasteiger partial charge on any atom is -0.507 e. The first-order valence-electron chi connectivity index (χ1n) is 20.7. The smallest absolute Gasteiger partial charge is 0.455 e. The predicted molar refractivity (Wildman–Crippen MR) is 237 cm³/mol. The SMILES string of the molecule is COC(=O)N1C(=O)[C@@H]2[C@@H](CC(CO[Si](c3ccccc3)(c3ccccc3)C(C)(C)C)=C3[C@@H](CC/C(=C/c4ccc(O)c5ccccc45)c4ccccc4)OB(O)C[C@@H]32)C1=O. The summed E-state index contributed by atoms with van der Waals surface area (Å²) >= 11 is 0. The molecule has 11 heteroatoms. The Morgan fingerprint density at radius 1 is 0.833 bits per heavy atom. The number of hydrogen-bond acceptors (Lipinski definition) is 8. The second-order valence-electron chi connectivity index (χ2n) is 17.0. The van der Waals surface area contributed by atoms with Crippen LogP contribution in [0.5, 0.6) is 5.75 Å². The third-order valence-corrected chi connectivity index (χ3v) is 17.6. The molecule has 2 aliphatic heterocycles. The van der Waals surface area contributed by atoms with Crippen molar-refractivity contribution in [3.05, 3.63) is 150 Å². The van der Waals surface area contributed by atoms with Crippen LogP contribution in [0.15, 0.2) is 139 Å². The largest absolute Gasteiger partial charge is 0.507 e. The number of imide groups is 3. The summed E-state index contributed by atoms with van der Waals surface area (Å²) in [6, 6.07) is 42.1. The van der Waals surface area contributed by atoms with Crippen molar-refractivity contribution >= 4 is 66.1 Å². The number of rotatable bonds is 10. The lowest BCUT2D eigenvalue weighted by atomic mass is 9.58. The number of carbonyl (C=O) groups excluding carboxylic acids is 3. The van der Waals surface area contributed by atoms with E-state index in [1.165, 1.54) is 0 Å². The molecule has 0 bridgehead atoms. The Morgan fingerprint density at radius 2 is 1.43 bits per heavy atom. The van der Waals surface area contributed by atoms with Crippen LogP contribution in [-0.2, 0) is 23.4 Å². The van der Waals surface area contributed by atoms with Crippen molar-refractivity contribution in [1.82, 2.24) is 4.90 Å². The molecule has 0 radical (unpaired) electrons. The molecule has 5 aromatic carbocycles. The molecule has 1 aliphatic carbocycles. The molecular formula is C49H50BNO8Si. The maximum atomic E-state index is 14.1. The first-order valence-corrected chi connectivity index (χ1v) is 22.6. The van der Waals surface area contributed by atoms with E-state index in [0.717, 1.165) is 56.1 Å². The summed E-state index contributed by atoms with van der Waals surface area (Å²) in [6.07, 6.45) is 1.77. The molecule has 4 atom stereocenters. The van der Waals surface area contributed by atoms with E-state index in [1.54, 1.807) is 6.07 Å². The number of allylic oxidation sites excluding steroid dienone is 1. The van der Waals surface area contributed by atoms with Gasteiger partial charge in [0.2, 0.25) is 11.8 Å². The molecule has 2 N–H and O–H groups in total. The highest BCUT2D eigenvalue weighted by atomic mass is 28.4. The lowest BCUT2D eigenvalue weighted by Crippen LogP contribution is -2.66. The second-order valence-corrected chi connectivity index (χ2v) is 21.4. The van der Waals surface area contributed by atoms with E-state index in [-0.39, 0.29) is 30.1 Å². The van der Waals surface area contributed by atoms with Crippen LogP contribution < -0.4 is 10.4 Å². The van der Waals surface area contributed by atoms with Crippen molar-refractivity contribution in [2.75, 3.05) is 13.7 Å². The van der Waals surface area contributed by atoms with Gasteiger partial charge in [-0.2, -0.15) is 4.90 Å². The van der Waals surface area contributed by atoms with Crippen molar-refractivity contribution in [2.24, 2.45) is 17.8 Å². The molecule has 2 heterocycles. The zero-order valence-electron chi connectivity index (χ0n) is 34.4. The number of aromatic hydroxyl groups is 1. The van der Waals surface area contributed by atoms with E-state index in [2.05, 4.69) is 63.2 Å². The molecule has 3 amide bonds. The normalized spacial score (nSPS) is 21.0. The molecule has 306 valence electrons. The minimum atomic E-state index is -3.06. The monoisotopic (exact) mass is 819 g/mol. The second kappa shape index (κ2) is 16.8. The Kier molecular flexibility index (Phi) is 11.5. The Labute approximate surface area is 352 Å². The summed E-state index contributed by atoms with van der Waals surface area (Å²) in [5.41, 5.74) is 4.70. The van der Waals surface area contributed by atoms with E-state index < -0.39 is 57.2 Å². The van der Waals surface area contributed by atoms with Gasteiger partial charge >= 0.3 is 13.2 Å². The van der Waals surface area contributed by atoms with Gasteiger partial charge in [-0.05, 0) is 86.2 Å². The van der Waals surface area contributed by atoms with Crippen LogP contribution in [0, 0.1) is 17.8 Å². The average molecular weight is 820 g/mol. The van der Waals surface area contributed by atoms with Crippen molar-refractivity contribution in [3.63, 3.8) is 0 Å². The molecule has 0 unspecified atom stereocenters. The molecule has 3 aliphatic rings. The molecule has 2 fully saturated rings. The number of fused-ring (bicyclic) bond motifs is 4. The fourth-order valence-corrected chi connectivity index (χ4v) is 14.5. The highest BCUT2D eigenvalue weighted by Gasteiger charge is 2.60. The van der Waals surface area contributed by atoms with Gasteiger partial charge in [0.05, 0.1) is 31.7 Å². The summed E-state index contributed by atoms with van der Waals surface area (Å²) in [6.45, 7) is 6.80. The van der Waals surface area contributed by atoms with Crippen molar-refractivity contribution < 1.29 is 38.3 Å². The Balaban J connectivity index is 1.23. The van der Waals surface area contributed by atoms with Crippen molar-refractivity contribution in [3.8, 4) is 5.75 Å². The number of amides is 3. The van der Waals surface area contributed by atoms with Gasteiger partial charge in [-0.15, -0.1) is 0 Å². The molecule has 0 aromatic heterocycles.